The van der Waals surface area contributed by atoms with E-state index in [1.165, 1.54) is 0 Å². The molecule has 0 aliphatic carbocycles. The van der Waals surface area contributed by atoms with E-state index in [-0.39, 0.29) is 11.3 Å². The quantitative estimate of drug-likeness (QED) is 0.710. The largest absolute Gasteiger partial charge is 0.352 e. The molecule has 1 fully saturated rings. The lowest BCUT2D eigenvalue weighted by Crippen LogP contribution is -2.39. The van der Waals surface area contributed by atoms with Crippen LogP contribution in [0.25, 0.3) is 0 Å². The summed E-state index contributed by atoms with van der Waals surface area (Å²) in [5.41, 5.74) is 0.151. The number of hydrogen-bond donors (Lipinski definition) is 2. The third-order valence-electron chi connectivity index (χ3n) is 2.99. The summed E-state index contributed by atoms with van der Waals surface area (Å²) in [6.45, 7) is 6.04. The molecule has 0 bridgehead atoms. The topological polar surface area (TPSA) is 64.9 Å². The smallest absolute Gasteiger partial charge is 0.220 e. The van der Waals surface area contributed by atoms with Gasteiger partial charge in [-0.1, -0.05) is 13.8 Å². The van der Waals surface area contributed by atoms with E-state index in [9.17, 15) is 4.79 Å². The normalized spacial score (nSPS) is 20.6. The number of nitrogens with zero attached hydrogens (tertiary/aromatic N) is 1. The number of rotatable bonds is 6. The second-order valence-corrected chi connectivity index (χ2v) is 5.26. The molecule has 1 saturated heterocycles. The highest BCUT2D eigenvalue weighted by molar-refractivity contribution is 5.78. The molecule has 4 nitrogen and oxygen atoms in total. The first-order valence-corrected chi connectivity index (χ1v) is 5.90. The molecule has 16 heavy (non-hydrogen) atoms. The monoisotopic (exact) mass is 223 g/mol. The third kappa shape index (κ3) is 4.63. The maximum absolute atomic E-state index is 11.0. The molecule has 0 aromatic rings. The van der Waals surface area contributed by atoms with Crippen molar-refractivity contribution in [2.75, 3.05) is 13.1 Å². The number of carbonyl (C=O) groups is 1. The van der Waals surface area contributed by atoms with E-state index in [1.807, 2.05) is 0 Å². The molecule has 1 amide bonds. The first-order chi connectivity index (χ1) is 7.53. The second-order valence-electron chi connectivity index (χ2n) is 5.26. The van der Waals surface area contributed by atoms with E-state index in [2.05, 4.69) is 30.6 Å². The molecule has 1 unspecified atom stereocenters. The van der Waals surface area contributed by atoms with Gasteiger partial charge in [0.1, 0.15) is 0 Å². The lowest BCUT2D eigenvalue weighted by molar-refractivity contribution is -0.119. The molecular formula is C12H21N3O. The molecular weight excluding hydrogens is 202 g/mol. The number of nitrogens with one attached hydrogen (secondary N) is 2. The van der Waals surface area contributed by atoms with Gasteiger partial charge in [-0.2, -0.15) is 5.26 Å². The molecule has 0 saturated carbocycles. The fourth-order valence-corrected chi connectivity index (χ4v) is 1.90. The van der Waals surface area contributed by atoms with Crippen molar-refractivity contribution in [3.05, 3.63) is 0 Å². The molecule has 1 atom stereocenters. The standard InChI is InChI=1S/C12H21N3O/c1-12(2,6-3-7-13)9-14-8-10-4-5-11(16)15-10/h10,14H,3-6,8-9H2,1-2H3,(H,15,16). The summed E-state index contributed by atoms with van der Waals surface area (Å²) in [7, 11) is 0. The number of hydrogen-bond acceptors (Lipinski definition) is 3. The minimum Gasteiger partial charge on any atom is -0.352 e. The van der Waals surface area contributed by atoms with Gasteiger partial charge >= 0.3 is 0 Å². The second kappa shape index (κ2) is 5.86. The molecule has 1 heterocycles. The Balaban J connectivity index is 2.14. The van der Waals surface area contributed by atoms with E-state index in [0.29, 0.717) is 18.9 Å². The zero-order valence-corrected chi connectivity index (χ0v) is 10.2. The van der Waals surface area contributed by atoms with Gasteiger partial charge in [0.05, 0.1) is 6.07 Å². The van der Waals surface area contributed by atoms with Gasteiger partial charge in [0.15, 0.2) is 0 Å². The van der Waals surface area contributed by atoms with Gasteiger partial charge in [0.25, 0.3) is 0 Å². The van der Waals surface area contributed by atoms with Gasteiger partial charge in [-0.05, 0) is 18.3 Å². The Bertz CT molecular complexity index is 280. The Morgan fingerprint density at radius 3 is 2.94 bits per heavy atom. The molecule has 1 aliphatic rings. The Morgan fingerprint density at radius 1 is 1.62 bits per heavy atom. The summed E-state index contributed by atoms with van der Waals surface area (Å²) in [6, 6.07) is 2.47. The third-order valence-corrected chi connectivity index (χ3v) is 2.99. The van der Waals surface area contributed by atoms with Gasteiger partial charge in [-0.3, -0.25) is 4.79 Å². The van der Waals surface area contributed by atoms with Crippen LogP contribution in [0.1, 0.15) is 39.5 Å². The maximum atomic E-state index is 11.0. The minimum absolute atomic E-state index is 0.151. The number of nitriles is 1. The van der Waals surface area contributed by atoms with E-state index in [0.717, 1.165) is 25.9 Å². The van der Waals surface area contributed by atoms with E-state index >= 15 is 0 Å². The summed E-state index contributed by atoms with van der Waals surface area (Å²) in [4.78, 5) is 11.0. The molecule has 0 aromatic carbocycles. The highest BCUT2D eigenvalue weighted by Crippen LogP contribution is 2.20. The van der Waals surface area contributed by atoms with Gasteiger partial charge < -0.3 is 10.6 Å². The van der Waals surface area contributed by atoms with Crippen LogP contribution >= 0.6 is 0 Å². The SMILES string of the molecule is CC(C)(CCC#N)CNCC1CCC(=O)N1. The Labute approximate surface area is 97.4 Å². The van der Waals surface area contributed by atoms with Crippen LogP contribution in [0.5, 0.6) is 0 Å². The summed E-state index contributed by atoms with van der Waals surface area (Å²) < 4.78 is 0. The van der Waals surface area contributed by atoms with Gasteiger partial charge in [0, 0.05) is 32.0 Å². The van der Waals surface area contributed by atoms with Crippen LogP contribution in [0.3, 0.4) is 0 Å². The molecule has 2 N–H and O–H groups in total. The molecule has 0 radical (unpaired) electrons. The zero-order chi connectivity index (χ0) is 12.0. The van der Waals surface area contributed by atoms with E-state index < -0.39 is 0 Å². The van der Waals surface area contributed by atoms with Gasteiger partial charge in [-0.15, -0.1) is 0 Å². The van der Waals surface area contributed by atoms with Crippen molar-refractivity contribution in [2.45, 2.75) is 45.6 Å². The van der Waals surface area contributed by atoms with Gasteiger partial charge in [0.2, 0.25) is 5.91 Å². The predicted molar refractivity (Wildman–Crippen MR) is 62.7 cm³/mol. The van der Waals surface area contributed by atoms with Crippen molar-refractivity contribution in [2.24, 2.45) is 5.41 Å². The van der Waals surface area contributed by atoms with Crippen LogP contribution in [0.4, 0.5) is 0 Å². The van der Waals surface area contributed by atoms with Crippen LogP contribution in [0, 0.1) is 16.7 Å². The Morgan fingerprint density at radius 2 is 2.38 bits per heavy atom. The fourth-order valence-electron chi connectivity index (χ4n) is 1.90. The lowest BCUT2D eigenvalue weighted by atomic mass is 9.88. The average molecular weight is 223 g/mol. The van der Waals surface area contributed by atoms with E-state index in [1.54, 1.807) is 0 Å². The van der Waals surface area contributed by atoms with Crippen molar-refractivity contribution in [3.63, 3.8) is 0 Å². The van der Waals surface area contributed by atoms with Crippen molar-refractivity contribution in [3.8, 4) is 6.07 Å². The van der Waals surface area contributed by atoms with Crippen LogP contribution in [-0.2, 0) is 4.79 Å². The molecule has 90 valence electrons. The van der Waals surface area contributed by atoms with Gasteiger partial charge in [-0.25, -0.2) is 0 Å². The highest BCUT2D eigenvalue weighted by Gasteiger charge is 2.22. The fraction of sp³-hybridized carbons (Fsp3) is 0.833. The first kappa shape index (κ1) is 13.0. The van der Waals surface area contributed by atoms with Crippen molar-refractivity contribution >= 4 is 5.91 Å². The maximum Gasteiger partial charge on any atom is 0.220 e. The van der Waals surface area contributed by atoms with Crippen molar-refractivity contribution in [1.29, 1.82) is 5.26 Å². The van der Waals surface area contributed by atoms with Crippen molar-refractivity contribution < 1.29 is 4.79 Å². The first-order valence-electron chi connectivity index (χ1n) is 5.90. The zero-order valence-electron chi connectivity index (χ0n) is 10.2. The molecule has 0 aromatic heterocycles. The average Bonchev–Trinajstić information content (AvgIpc) is 2.61. The molecule has 1 rings (SSSR count). The van der Waals surface area contributed by atoms with Crippen LogP contribution in [-0.4, -0.2) is 25.0 Å². The lowest BCUT2D eigenvalue weighted by Gasteiger charge is -2.24. The molecule has 0 spiro atoms. The summed E-state index contributed by atoms with van der Waals surface area (Å²) in [5.74, 6) is 0.163. The predicted octanol–water partition coefficient (Wildman–Crippen LogP) is 1.18. The van der Waals surface area contributed by atoms with Crippen molar-refractivity contribution in [1.82, 2.24) is 10.6 Å². The highest BCUT2D eigenvalue weighted by atomic mass is 16.1. The van der Waals surface area contributed by atoms with Crippen LogP contribution in [0.15, 0.2) is 0 Å². The molecule has 4 heteroatoms. The summed E-state index contributed by atoms with van der Waals surface area (Å²) in [5, 5.41) is 14.8. The van der Waals surface area contributed by atoms with Crippen LogP contribution < -0.4 is 10.6 Å². The Kier molecular flexibility index (Phi) is 4.75. The van der Waals surface area contributed by atoms with Crippen LogP contribution in [0.2, 0.25) is 0 Å². The minimum atomic E-state index is 0.151. The summed E-state index contributed by atoms with van der Waals surface area (Å²) >= 11 is 0. The number of carbonyl (C=O) groups excluding carboxylic acids is 1. The Hall–Kier alpha value is -1.08. The summed E-state index contributed by atoms with van der Waals surface area (Å²) in [6.07, 6.45) is 3.11. The van der Waals surface area contributed by atoms with E-state index in [4.69, 9.17) is 5.26 Å². The number of amides is 1. The molecule has 1 aliphatic heterocycles.